The first-order valence-electron chi connectivity index (χ1n) is 9.71. The van der Waals surface area contributed by atoms with Crippen LogP contribution in [0, 0.1) is 11.3 Å². The quantitative estimate of drug-likeness (QED) is 0.324. The molecule has 1 amide bonds. The normalized spacial score (nSPS) is 11.1. The van der Waals surface area contributed by atoms with Gasteiger partial charge in [0.1, 0.15) is 11.6 Å². The van der Waals surface area contributed by atoms with Crippen LogP contribution in [0.4, 0.5) is 22.7 Å². The van der Waals surface area contributed by atoms with E-state index in [0.29, 0.717) is 17.3 Å². The lowest BCUT2D eigenvalue weighted by Gasteiger charge is -2.21. The number of hydrogen-bond acceptors (Lipinski definition) is 4. The zero-order valence-electron chi connectivity index (χ0n) is 17.0. The molecule has 0 aromatic heterocycles. The zero-order valence-corrected chi connectivity index (χ0v) is 17.0. The Balaban J connectivity index is 1.90. The number of para-hydroxylation sites is 1. The van der Waals surface area contributed by atoms with E-state index in [0.717, 1.165) is 11.4 Å². The summed E-state index contributed by atoms with van der Waals surface area (Å²) in [5, 5.41) is 12.5. The summed E-state index contributed by atoms with van der Waals surface area (Å²) in [4.78, 5) is 14.6. The van der Waals surface area contributed by atoms with Gasteiger partial charge in [-0.05, 0) is 60.0 Å². The van der Waals surface area contributed by atoms with Crippen LogP contribution in [0.2, 0.25) is 0 Å². The van der Waals surface area contributed by atoms with Crippen molar-refractivity contribution in [2.45, 2.75) is 19.8 Å². The molecule has 0 aliphatic rings. The molecule has 0 saturated heterocycles. The highest BCUT2D eigenvalue weighted by atomic mass is 16.1. The van der Waals surface area contributed by atoms with Crippen molar-refractivity contribution in [1.29, 1.82) is 5.26 Å². The van der Waals surface area contributed by atoms with Gasteiger partial charge in [-0.15, -0.1) is 0 Å². The van der Waals surface area contributed by atoms with Crippen molar-refractivity contribution in [3.63, 3.8) is 0 Å². The molecule has 0 aliphatic heterocycles. The largest absolute Gasteiger partial charge is 0.399 e. The number of nitriles is 1. The molecule has 3 aromatic carbocycles. The molecule has 5 nitrogen and oxygen atoms in total. The van der Waals surface area contributed by atoms with Crippen molar-refractivity contribution in [2.75, 3.05) is 16.0 Å². The molecule has 5 heteroatoms. The Labute approximate surface area is 177 Å². The number of nitrogens with two attached hydrogens (primary N) is 1. The van der Waals surface area contributed by atoms with Gasteiger partial charge in [0.2, 0.25) is 0 Å². The number of nitrogens with zero attached hydrogens (tertiary/aromatic N) is 2. The predicted molar refractivity (Wildman–Crippen MR) is 122 cm³/mol. The molecule has 0 atom stereocenters. The molecule has 150 valence electrons. The summed E-state index contributed by atoms with van der Waals surface area (Å²) in [7, 11) is 0. The van der Waals surface area contributed by atoms with E-state index in [1.54, 1.807) is 23.2 Å². The molecule has 3 rings (SSSR count). The first kappa shape index (κ1) is 20.7. The van der Waals surface area contributed by atoms with E-state index in [1.165, 1.54) is 5.56 Å². The minimum Gasteiger partial charge on any atom is -0.399 e. The van der Waals surface area contributed by atoms with Crippen molar-refractivity contribution in [2.24, 2.45) is 0 Å². The van der Waals surface area contributed by atoms with E-state index in [-0.39, 0.29) is 5.57 Å². The van der Waals surface area contributed by atoms with Crippen LogP contribution < -0.4 is 16.0 Å². The lowest BCUT2D eigenvalue weighted by Crippen LogP contribution is -2.18. The highest BCUT2D eigenvalue weighted by Crippen LogP contribution is 2.27. The van der Waals surface area contributed by atoms with Crippen LogP contribution in [-0.2, 0) is 4.79 Å². The Morgan fingerprint density at radius 2 is 1.57 bits per heavy atom. The number of anilines is 4. The first-order valence-corrected chi connectivity index (χ1v) is 9.71. The van der Waals surface area contributed by atoms with Crippen LogP contribution in [0.25, 0.3) is 0 Å². The highest BCUT2D eigenvalue weighted by molar-refractivity contribution is 6.07. The minimum absolute atomic E-state index is 0.0105. The summed E-state index contributed by atoms with van der Waals surface area (Å²) >= 11 is 0. The molecule has 0 saturated carbocycles. The van der Waals surface area contributed by atoms with E-state index >= 15 is 0 Å². The zero-order chi connectivity index (χ0) is 21.5. The second kappa shape index (κ2) is 9.44. The van der Waals surface area contributed by atoms with Crippen LogP contribution >= 0.6 is 0 Å². The van der Waals surface area contributed by atoms with Crippen LogP contribution in [0.3, 0.4) is 0 Å². The molecule has 0 fully saturated rings. The van der Waals surface area contributed by atoms with Crippen LogP contribution in [0.5, 0.6) is 0 Å². The van der Waals surface area contributed by atoms with E-state index < -0.39 is 5.91 Å². The third-order valence-electron chi connectivity index (χ3n) is 4.66. The number of nitrogens with one attached hydrogen (secondary N) is 1. The van der Waals surface area contributed by atoms with E-state index in [1.807, 2.05) is 72.8 Å². The maximum atomic E-state index is 12.8. The number of rotatable bonds is 6. The Morgan fingerprint density at radius 1 is 0.967 bits per heavy atom. The van der Waals surface area contributed by atoms with Crippen molar-refractivity contribution in [3.8, 4) is 6.07 Å². The van der Waals surface area contributed by atoms with Crippen LogP contribution in [0.15, 0.2) is 90.6 Å². The molecule has 0 unspecified atom stereocenters. The van der Waals surface area contributed by atoms with Gasteiger partial charge in [-0.3, -0.25) is 4.79 Å². The number of carbonyl (C=O) groups is 1. The van der Waals surface area contributed by atoms with Gasteiger partial charge in [0.05, 0.1) is 0 Å². The molecule has 30 heavy (non-hydrogen) atoms. The van der Waals surface area contributed by atoms with Crippen molar-refractivity contribution < 1.29 is 4.79 Å². The third-order valence-corrected chi connectivity index (χ3v) is 4.66. The Morgan fingerprint density at radius 3 is 2.13 bits per heavy atom. The lowest BCUT2D eigenvalue weighted by molar-refractivity contribution is -0.112. The molecule has 0 aliphatic carbocycles. The Kier molecular flexibility index (Phi) is 6.51. The van der Waals surface area contributed by atoms with Gasteiger partial charge in [0.15, 0.2) is 0 Å². The summed E-state index contributed by atoms with van der Waals surface area (Å²) < 4.78 is 0. The van der Waals surface area contributed by atoms with Crippen LogP contribution in [-0.4, -0.2) is 5.91 Å². The molecule has 3 N–H and O–H groups in total. The number of nitrogen functional groups attached to an aromatic ring is 1. The Bertz CT molecular complexity index is 1060. The maximum absolute atomic E-state index is 12.8. The number of benzene rings is 3. The topological polar surface area (TPSA) is 82.2 Å². The predicted octanol–water partition coefficient (Wildman–Crippen LogP) is 5.58. The number of hydrogen-bond donors (Lipinski definition) is 2. The van der Waals surface area contributed by atoms with E-state index in [9.17, 15) is 10.1 Å². The monoisotopic (exact) mass is 396 g/mol. The third kappa shape index (κ3) is 5.06. The van der Waals surface area contributed by atoms with Gasteiger partial charge in [0, 0.05) is 28.9 Å². The van der Waals surface area contributed by atoms with Crippen LogP contribution in [0.1, 0.15) is 25.3 Å². The lowest BCUT2D eigenvalue weighted by atomic mass is 10.0. The summed E-state index contributed by atoms with van der Waals surface area (Å²) in [6, 6.07) is 26.4. The van der Waals surface area contributed by atoms with Gasteiger partial charge < -0.3 is 16.0 Å². The van der Waals surface area contributed by atoms with E-state index in [4.69, 9.17) is 5.73 Å². The Hall–Kier alpha value is -4.04. The van der Waals surface area contributed by atoms with Gasteiger partial charge in [-0.25, -0.2) is 0 Å². The fraction of sp³-hybridized carbons (Fsp3) is 0.120. The van der Waals surface area contributed by atoms with Crippen molar-refractivity contribution >= 4 is 28.7 Å². The second-order valence-electron chi connectivity index (χ2n) is 7.18. The van der Waals surface area contributed by atoms with Crippen molar-refractivity contribution in [3.05, 3.63) is 96.2 Å². The standard InChI is InChI=1S/C25H24N4O/c1-18(2)19-8-12-22(13-9-19)28-25(30)20(16-26)17-29(23-6-4-3-5-7-23)24-14-10-21(27)11-15-24/h3-15,17-18H,27H2,1-2H3,(H,28,30)/b20-17-. The van der Waals surface area contributed by atoms with Crippen molar-refractivity contribution in [1.82, 2.24) is 0 Å². The maximum Gasteiger partial charge on any atom is 0.267 e. The number of amides is 1. The van der Waals surface area contributed by atoms with Gasteiger partial charge >= 0.3 is 0 Å². The fourth-order valence-corrected chi connectivity index (χ4v) is 2.94. The average molecular weight is 396 g/mol. The van der Waals surface area contributed by atoms with Gasteiger partial charge in [0.25, 0.3) is 5.91 Å². The molecule has 0 heterocycles. The molecule has 0 radical (unpaired) electrons. The summed E-state index contributed by atoms with van der Waals surface area (Å²) in [5.74, 6) is -0.0603. The second-order valence-corrected chi connectivity index (χ2v) is 7.18. The molecule has 0 spiro atoms. The van der Waals surface area contributed by atoms with E-state index in [2.05, 4.69) is 19.2 Å². The highest BCUT2D eigenvalue weighted by Gasteiger charge is 2.14. The molecular weight excluding hydrogens is 372 g/mol. The SMILES string of the molecule is CC(C)c1ccc(NC(=O)/C(C#N)=C\N(c2ccccc2)c2ccc(N)cc2)cc1. The van der Waals surface area contributed by atoms with Gasteiger partial charge in [-0.2, -0.15) is 5.26 Å². The average Bonchev–Trinajstić information content (AvgIpc) is 2.76. The van der Waals surface area contributed by atoms with Gasteiger partial charge in [-0.1, -0.05) is 44.2 Å². The number of carbonyl (C=O) groups excluding carboxylic acids is 1. The summed E-state index contributed by atoms with van der Waals surface area (Å²) in [6.07, 6.45) is 1.54. The fourth-order valence-electron chi connectivity index (χ4n) is 2.94. The minimum atomic E-state index is -0.467. The first-order chi connectivity index (χ1) is 14.5. The molecule has 0 bridgehead atoms. The summed E-state index contributed by atoms with van der Waals surface area (Å²) in [5.41, 5.74) is 9.87. The molecule has 3 aromatic rings. The summed E-state index contributed by atoms with van der Waals surface area (Å²) in [6.45, 7) is 4.22. The molecular formula is C25H24N4O. The smallest absolute Gasteiger partial charge is 0.267 e.